The first-order chi connectivity index (χ1) is 14.7. The first-order valence-corrected chi connectivity index (χ1v) is 10.1. The monoisotopic (exact) mass is 398 g/mol. The van der Waals surface area contributed by atoms with Crippen LogP contribution < -0.4 is 10.6 Å². The lowest BCUT2D eigenvalue weighted by Crippen LogP contribution is -2.48. The summed E-state index contributed by atoms with van der Waals surface area (Å²) in [7, 11) is 0. The van der Waals surface area contributed by atoms with E-state index in [4.69, 9.17) is 0 Å². The third-order valence-corrected chi connectivity index (χ3v) is 5.65. The lowest BCUT2D eigenvalue weighted by atomic mass is 10.1. The van der Waals surface area contributed by atoms with E-state index >= 15 is 0 Å². The number of para-hydroxylation sites is 3. The number of aromatic amines is 1. The molecule has 1 aliphatic heterocycles. The van der Waals surface area contributed by atoms with Crippen molar-refractivity contribution in [3.05, 3.63) is 94.9 Å². The number of benzene rings is 3. The number of carbonyl (C=O) groups excluding carboxylic acids is 1. The van der Waals surface area contributed by atoms with Crippen molar-refractivity contribution in [3.63, 3.8) is 0 Å². The molecular weight excluding hydrogens is 376 g/mol. The second-order valence-electron chi connectivity index (χ2n) is 7.44. The Kier molecular flexibility index (Phi) is 4.59. The summed E-state index contributed by atoms with van der Waals surface area (Å²) in [5.74, 6) is 0.0283. The van der Waals surface area contributed by atoms with Crippen molar-refractivity contribution in [1.29, 1.82) is 0 Å². The predicted molar refractivity (Wildman–Crippen MR) is 118 cm³/mol. The number of amides is 1. The molecule has 1 fully saturated rings. The number of hydrogen-bond acceptors (Lipinski definition) is 3. The van der Waals surface area contributed by atoms with Crippen molar-refractivity contribution in [1.82, 2.24) is 14.5 Å². The quantitative estimate of drug-likeness (QED) is 0.576. The molecule has 4 aromatic rings. The fraction of sp³-hybridized carbons (Fsp3) is 0.167. The number of H-pyrrole nitrogens is 1. The third kappa shape index (κ3) is 3.26. The van der Waals surface area contributed by atoms with Crippen LogP contribution in [-0.4, -0.2) is 46.5 Å². The van der Waals surface area contributed by atoms with Crippen molar-refractivity contribution in [2.75, 3.05) is 31.1 Å². The zero-order valence-corrected chi connectivity index (χ0v) is 16.5. The van der Waals surface area contributed by atoms with Crippen LogP contribution in [-0.2, 0) is 0 Å². The molecule has 0 bridgehead atoms. The maximum Gasteiger partial charge on any atom is 0.331 e. The van der Waals surface area contributed by atoms with E-state index in [1.807, 2.05) is 59.5 Å². The van der Waals surface area contributed by atoms with E-state index < -0.39 is 0 Å². The van der Waals surface area contributed by atoms with Crippen molar-refractivity contribution in [3.8, 4) is 5.69 Å². The van der Waals surface area contributed by atoms with E-state index in [1.165, 1.54) is 5.69 Å². The number of rotatable bonds is 3. The summed E-state index contributed by atoms with van der Waals surface area (Å²) in [5, 5.41) is 0. The van der Waals surface area contributed by atoms with Gasteiger partial charge >= 0.3 is 5.69 Å². The minimum absolute atomic E-state index is 0.0283. The molecule has 6 heteroatoms. The van der Waals surface area contributed by atoms with Crippen LogP contribution in [0.2, 0.25) is 0 Å². The molecular formula is C24H22N4O2. The first kappa shape index (κ1) is 18.2. The molecule has 150 valence electrons. The molecule has 0 saturated carbocycles. The number of aromatic nitrogens is 2. The number of carbonyl (C=O) groups is 1. The summed E-state index contributed by atoms with van der Waals surface area (Å²) in [6.45, 7) is 3.02. The highest BCUT2D eigenvalue weighted by Gasteiger charge is 2.22. The summed E-state index contributed by atoms with van der Waals surface area (Å²) in [6.07, 6.45) is 0. The lowest BCUT2D eigenvalue weighted by molar-refractivity contribution is 0.0747. The molecule has 3 aromatic carbocycles. The second kappa shape index (κ2) is 7.55. The Morgan fingerprint density at radius 2 is 1.40 bits per heavy atom. The number of fused-ring (bicyclic) bond motifs is 1. The molecule has 0 unspecified atom stereocenters. The van der Waals surface area contributed by atoms with Gasteiger partial charge in [-0.25, -0.2) is 4.79 Å². The Hall–Kier alpha value is -3.80. The van der Waals surface area contributed by atoms with Gasteiger partial charge in [0.15, 0.2) is 0 Å². The van der Waals surface area contributed by atoms with Crippen LogP contribution in [0.3, 0.4) is 0 Å². The zero-order valence-electron chi connectivity index (χ0n) is 16.5. The van der Waals surface area contributed by atoms with Gasteiger partial charge in [-0.3, -0.25) is 9.36 Å². The predicted octanol–water partition coefficient (Wildman–Crippen LogP) is 3.28. The van der Waals surface area contributed by atoms with Crippen LogP contribution in [0.25, 0.3) is 16.7 Å². The van der Waals surface area contributed by atoms with Crippen LogP contribution in [0.1, 0.15) is 10.4 Å². The Labute approximate surface area is 174 Å². The number of imidazole rings is 1. The van der Waals surface area contributed by atoms with Crippen molar-refractivity contribution in [2.24, 2.45) is 0 Å². The van der Waals surface area contributed by atoms with E-state index in [9.17, 15) is 9.59 Å². The van der Waals surface area contributed by atoms with Crippen LogP contribution in [0.4, 0.5) is 5.69 Å². The topological polar surface area (TPSA) is 61.3 Å². The molecule has 5 rings (SSSR count). The highest BCUT2D eigenvalue weighted by atomic mass is 16.2. The van der Waals surface area contributed by atoms with E-state index in [-0.39, 0.29) is 11.6 Å². The average molecular weight is 398 g/mol. The van der Waals surface area contributed by atoms with Gasteiger partial charge in [-0.15, -0.1) is 0 Å². The van der Waals surface area contributed by atoms with E-state index in [1.54, 1.807) is 16.7 Å². The molecule has 2 heterocycles. The van der Waals surface area contributed by atoms with Gasteiger partial charge in [0.1, 0.15) is 0 Å². The Morgan fingerprint density at radius 1 is 0.733 bits per heavy atom. The molecule has 0 radical (unpaired) electrons. The molecule has 6 nitrogen and oxygen atoms in total. The van der Waals surface area contributed by atoms with Gasteiger partial charge in [-0.2, -0.15) is 0 Å². The highest BCUT2D eigenvalue weighted by molar-refractivity contribution is 5.94. The molecule has 1 amide bonds. The summed E-state index contributed by atoms with van der Waals surface area (Å²) >= 11 is 0. The highest BCUT2D eigenvalue weighted by Crippen LogP contribution is 2.19. The SMILES string of the molecule is O=C(c1ccc(-n2c(=O)[nH]c3ccccc32)cc1)N1CCN(c2ccccc2)CC1. The maximum atomic E-state index is 13.0. The number of hydrogen-bond donors (Lipinski definition) is 1. The molecule has 30 heavy (non-hydrogen) atoms. The third-order valence-electron chi connectivity index (χ3n) is 5.65. The lowest BCUT2D eigenvalue weighted by Gasteiger charge is -2.36. The Balaban J connectivity index is 1.32. The number of nitrogens with one attached hydrogen (secondary N) is 1. The fourth-order valence-electron chi connectivity index (χ4n) is 4.05. The van der Waals surface area contributed by atoms with Gasteiger partial charge < -0.3 is 14.8 Å². The van der Waals surface area contributed by atoms with Gasteiger partial charge in [0, 0.05) is 37.4 Å². The molecule has 1 aromatic heterocycles. The molecule has 1 aliphatic rings. The van der Waals surface area contributed by atoms with E-state index in [2.05, 4.69) is 22.0 Å². The van der Waals surface area contributed by atoms with Crippen LogP contribution in [0, 0.1) is 0 Å². The Morgan fingerprint density at radius 3 is 2.13 bits per heavy atom. The summed E-state index contributed by atoms with van der Waals surface area (Å²) in [4.78, 5) is 32.4. The van der Waals surface area contributed by atoms with Crippen LogP contribution >= 0.6 is 0 Å². The average Bonchev–Trinajstić information content (AvgIpc) is 3.15. The zero-order chi connectivity index (χ0) is 20.5. The van der Waals surface area contributed by atoms with Gasteiger partial charge in [0.25, 0.3) is 5.91 Å². The summed E-state index contributed by atoms with van der Waals surface area (Å²) in [6, 6.07) is 25.1. The standard InChI is InChI=1S/C24H22N4O2/c29-23(27-16-14-26(15-17-27)19-6-2-1-3-7-19)18-10-12-20(13-11-18)28-22-9-5-4-8-21(22)25-24(28)30/h1-13H,14-17H2,(H,25,30). The van der Waals surface area contributed by atoms with Gasteiger partial charge in [-0.1, -0.05) is 30.3 Å². The van der Waals surface area contributed by atoms with Crippen molar-refractivity contribution in [2.45, 2.75) is 0 Å². The van der Waals surface area contributed by atoms with Crippen LogP contribution in [0.15, 0.2) is 83.7 Å². The van der Waals surface area contributed by atoms with Crippen molar-refractivity contribution >= 4 is 22.6 Å². The molecule has 1 saturated heterocycles. The largest absolute Gasteiger partial charge is 0.368 e. The summed E-state index contributed by atoms with van der Waals surface area (Å²) < 4.78 is 1.63. The smallest absolute Gasteiger partial charge is 0.331 e. The van der Waals surface area contributed by atoms with Crippen LogP contribution in [0.5, 0.6) is 0 Å². The van der Waals surface area contributed by atoms with Crippen molar-refractivity contribution < 1.29 is 4.79 Å². The summed E-state index contributed by atoms with van der Waals surface area (Å²) in [5.41, 5.74) is 3.99. The van der Waals surface area contributed by atoms with E-state index in [0.29, 0.717) is 18.7 Å². The minimum atomic E-state index is -0.188. The molecule has 0 spiro atoms. The minimum Gasteiger partial charge on any atom is -0.368 e. The number of nitrogens with zero attached hydrogens (tertiary/aromatic N) is 3. The fourth-order valence-corrected chi connectivity index (χ4v) is 4.05. The number of piperazine rings is 1. The van der Waals surface area contributed by atoms with Gasteiger partial charge in [-0.05, 0) is 48.5 Å². The second-order valence-corrected chi connectivity index (χ2v) is 7.44. The maximum absolute atomic E-state index is 13.0. The van der Waals surface area contributed by atoms with E-state index in [0.717, 1.165) is 29.8 Å². The molecule has 0 aliphatic carbocycles. The molecule has 0 atom stereocenters. The molecule has 1 N–H and O–H groups in total. The normalized spacial score (nSPS) is 14.3. The first-order valence-electron chi connectivity index (χ1n) is 10.1. The van der Waals surface area contributed by atoms with Gasteiger partial charge in [0.05, 0.1) is 16.7 Å². The van der Waals surface area contributed by atoms with Gasteiger partial charge in [0.2, 0.25) is 0 Å². The number of anilines is 1. The Bertz CT molecular complexity index is 1230.